The lowest BCUT2D eigenvalue weighted by molar-refractivity contribution is -0.116. The molecule has 2 rings (SSSR count). The van der Waals surface area contributed by atoms with Crippen LogP contribution in [0.15, 0.2) is 24.3 Å². The van der Waals surface area contributed by atoms with Gasteiger partial charge in [-0.1, -0.05) is 0 Å². The van der Waals surface area contributed by atoms with Crippen molar-refractivity contribution in [1.82, 2.24) is 10.3 Å². The van der Waals surface area contributed by atoms with Crippen LogP contribution in [0.1, 0.15) is 32.1 Å². The van der Waals surface area contributed by atoms with Gasteiger partial charge in [0.15, 0.2) is 5.13 Å². The number of carbonyl (C=O) groups excluding carboxylic acids is 2. The molecule has 2 aromatic rings. The molecule has 0 spiro atoms. The van der Waals surface area contributed by atoms with E-state index in [4.69, 9.17) is 9.47 Å². The van der Waals surface area contributed by atoms with Crippen molar-refractivity contribution in [2.24, 2.45) is 0 Å². The van der Waals surface area contributed by atoms with Gasteiger partial charge in [0.2, 0.25) is 5.91 Å². The third kappa shape index (κ3) is 6.56. The summed E-state index contributed by atoms with van der Waals surface area (Å²) in [4.78, 5) is 29.1. The molecule has 0 unspecified atom stereocenters. The molecule has 0 bridgehead atoms. The van der Waals surface area contributed by atoms with Crippen molar-refractivity contribution < 1.29 is 19.1 Å². The molecule has 0 saturated carbocycles. The van der Waals surface area contributed by atoms with Gasteiger partial charge in [0.05, 0.1) is 12.8 Å². The molecular formula is C19H25N3O4S. The highest BCUT2D eigenvalue weighted by atomic mass is 32.1. The van der Waals surface area contributed by atoms with Gasteiger partial charge in [-0.25, -0.2) is 9.78 Å². The molecule has 0 fully saturated rings. The number of aromatic nitrogens is 1. The molecule has 146 valence electrons. The van der Waals surface area contributed by atoms with Gasteiger partial charge in [0, 0.05) is 23.4 Å². The quantitative estimate of drug-likeness (QED) is 0.777. The predicted octanol–water partition coefficient (Wildman–Crippen LogP) is 3.98. The molecule has 7 nitrogen and oxygen atoms in total. The average Bonchev–Trinajstić information content (AvgIpc) is 2.93. The lowest BCUT2D eigenvalue weighted by atomic mass is 10.1. The standard InChI is InChI=1S/C19H25N3O4S/c1-12-16(13-6-8-14(25-5)9-7-13)22-17(27-12)21-15(23)10-11-20-18(24)26-19(2,3)4/h6-9H,10-11H2,1-5H3,(H,20,24)(H,21,22,23). The number of hydrogen-bond donors (Lipinski definition) is 2. The number of thiazole rings is 1. The summed E-state index contributed by atoms with van der Waals surface area (Å²) in [6.45, 7) is 7.49. The number of amides is 2. The summed E-state index contributed by atoms with van der Waals surface area (Å²) < 4.78 is 10.3. The fourth-order valence-corrected chi connectivity index (χ4v) is 3.09. The zero-order chi connectivity index (χ0) is 20.0. The van der Waals surface area contributed by atoms with E-state index in [-0.39, 0.29) is 18.9 Å². The van der Waals surface area contributed by atoms with Crippen LogP contribution in [0, 0.1) is 6.92 Å². The number of methoxy groups -OCH3 is 1. The minimum Gasteiger partial charge on any atom is -0.497 e. The van der Waals surface area contributed by atoms with E-state index in [1.807, 2.05) is 31.2 Å². The highest BCUT2D eigenvalue weighted by molar-refractivity contribution is 7.16. The first-order valence-corrected chi connectivity index (χ1v) is 9.38. The van der Waals surface area contributed by atoms with Crippen molar-refractivity contribution in [2.45, 2.75) is 39.7 Å². The van der Waals surface area contributed by atoms with E-state index in [9.17, 15) is 9.59 Å². The molecule has 0 aliphatic carbocycles. The van der Waals surface area contributed by atoms with Crippen LogP contribution in [0.5, 0.6) is 5.75 Å². The Kier molecular flexibility index (Phi) is 6.79. The van der Waals surface area contributed by atoms with Crippen LogP contribution in [0.4, 0.5) is 9.93 Å². The van der Waals surface area contributed by atoms with E-state index < -0.39 is 11.7 Å². The predicted molar refractivity (Wildman–Crippen MR) is 106 cm³/mol. The summed E-state index contributed by atoms with van der Waals surface area (Å²) in [6.07, 6.45) is -0.405. The van der Waals surface area contributed by atoms with Crippen molar-refractivity contribution in [1.29, 1.82) is 0 Å². The Morgan fingerprint density at radius 1 is 1.19 bits per heavy atom. The van der Waals surface area contributed by atoms with E-state index in [1.165, 1.54) is 11.3 Å². The largest absolute Gasteiger partial charge is 0.497 e. The Morgan fingerprint density at radius 3 is 2.44 bits per heavy atom. The average molecular weight is 391 g/mol. The molecule has 8 heteroatoms. The van der Waals surface area contributed by atoms with Gasteiger partial charge in [-0.15, -0.1) is 11.3 Å². The summed E-state index contributed by atoms with van der Waals surface area (Å²) in [6, 6.07) is 7.60. The van der Waals surface area contributed by atoms with Gasteiger partial charge in [-0.05, 0) is 52.0 Å². The summed E-state index contributed by atoms with van der Waals surface area (Å²) in [5.74, 6) is 0.554. The number of anilines is 1. The maximum Gasteiger partial charge on any atom is 0.407 e. The number of carbonyl (C=O) groups is 2. The van der Waals surface area contributed by atoms with Crippen molar-refractivity contribution in [3.63, 3.8) is 0 Å². The third-order valence-corrected chi connectivity index (χ3v) is 4.31. The highest BCUT2D eigenvalue weighted by Gasteiger charge is 2.16. The molecule has 1 aromatic heterocycles. The molecule has 1 heterocycles. The van der Waals surface area contributed by atoms with E-state index in [0.29, 0.717) is 5.13 Å². The SMILES string of the molecule is COc1ccc(-c2nc(NC(=O)CCNC(=O)OC(C)(C)C)sc2C)cc1. The number of nitrogens with zero attached hydrogens (tertiary/aromatic N) is 1. The van der Waals surface area contributed by atoms with Crippen molar-refractivity contribution >= 4 is 28.5 Å². The summed E-state index contributed by atoms with van der Waals surface area (Å²) in [5.41, 5.74) is 1.21. The van der Waals surface area contributed by atoms with Gasteiger partial charge >= 0.3 is 6.09 Å². The molecular weight excluding hydrogens is 366 g/mol. The smallest absolute Gasteiger partial charge is 0.407 e. The van der Waals surface area contributed by atoms with Crippen molar-refractivity contribution in [2.75, 3.05) is 19.0 Å². The molecule has 1 aromatic carbocycles. The normalized spacial score (nSPS) is 11.0. The molecule has 2 N–H and O–H groups in total. The lowest BCUT2D eigenvalue weighted by Gasteiger charge is -2.19. The van der Waals surface area contributed by atoms with Crippen LogP contribution < -0.4 is 15.4 Å². The summed E-state index contributed by atoms with van der Waals surface area (Å²) in [7, 11) is 1.62. The number of ether oxygens (including phenoxy) is 2. The second kappa shape index (κ2) is 8.85. The fourth-order valence-electron chi connectivity index (χ4n) is 2.24. The van der Waals surface area contributed by atoms with Crippen LogP contribution in [0.25, 0.3) is 11.3 Å². The van der Waals surface area contributed by atoms with E-state index in [1.54, 1.807) is 27.9 Å². The van der Waals surface area contributed by atoms with Crippen LogP contribution in [0.2, 0.25) is 0 Å². The highest BCUT2D eigenvalue weighted by Crippen LogP contribution is 2.31. The van der Waals surface area contributed by atoms with Gasteiger partial charge in [-0.2, -0.15) is 0 Å². The van der Waals surface area contributed by atoms with E-state index in [2.05, 4.69) is 15.6 Å². The van der Waals surface area contributed by atoms with Crippen LogP contribution >= 0.6 is 11.3 Å². The number of alkyl carbamates (subject to hydrolysis) is 1. The minimum absolute atomic E-state index is 0.135. The molecule has 0 aliphatic heterocycles. The van der Waals surface area contributed by atoms with Gasteiger partial charge < -0.3 is 20.1 Å². The zero-order valence-corrected chi connectivity index (χ0v) is 17.0. The number of aryl methyl sites for hydroxylation is 1. The maximum atomic E-state index is 12.1. The van der Waals surface area contributed by atoms with E-state index in [0.717, 1.165) is 21.9 Å². The summed E-state index contributed by atoms with van der Waals surface area (Å²) in [5, 5.41) is 5.86. The second-order valence-electron chi connectivity index (χ2n) is 6.88. The first-order valence-electron chi connectivity index (χ1n) is 8.56. The van der Waals surface area contributed by atoms with Crippen LogP contribution in [0.3, 0.4) is 0 Å². The maximum absolute atomic E-state index is 12.1. The second-order valence-corrected chi connectivity index (χ2v) is 8.08. The van der Waals surface area contributed by atoms with Gasteiger partial charge in [0.25, 0.3) is 0 Å². The van der Waals surface area contributed by atoms with Crippen molar-refractivity contribution in [3.05, 3.63) is 29.1 Å². The van der Waals surface area contributed by atoms with Gasteiger partial charge in [0.1, 0.15) is 11.4 Å². The zero-order valence-electron chi connectivity index (χ0n) is 16.2. The first-order chi connectivity index (χ1) is 12.7. The Bertz CT molecular complexity index is 794. The first kappa shape index (κ1) is 20.7. The topological polar surface area (TPSA) is 89.5 Å². The van der Waals surface area contributed by atoms with Crippen LogP contribution in [-0.4, -0.2) is 36.2 Å². The molecule has 0 saturated heterocycles. The monoisotopic (exact) mass is 391 g/mol. The number of rotatable bonds is 6. The Hall–Kier alpha value is -2.61. The Labute approximate surface area is 163 Å². The Balaban J connectivity index is 1.88. The molecule has 0 aliphatic rings. The Morgan fingerprint density at radius 2 is 1.85 bits per heavy atom. The van der Waals surface area contributed by atoms with Crippen molar-refractivity contribution in [3.8, 4) is 17.0 Å². The molecule has 0 radical (unpaired) electrons. The van der Waals surface area contributed by atoms with Crippen LogP contribution in [-0.2, 0) is 9.53 Å². The molecule has 27 heavy (non-hydrogen) atoms. The molecule has 0 atom stereocenters. The minimum atomic E-state index is -0.567. The lowest BCUT2D eigenvalue weighted by Crippen LogP contribution is -2.34. The number of benzene rings is 1. The third-order valence-electron chi connectivity index (χ3n) is 3.43. The van der Waals surface area contributed by atoms with E-state index >= 15 is 0 Å². The summed E-state index contributed by atoms with van der Waals surface area (Å²) >= 11 is 1.41. The molecule has 2 amide bonds. The van der Waals surface area contributed by atoms with Gasteiger partial charge in [-0.3, -0.25) is 4.79 Å². The number of nitrogens with one attached hydrogen (secondary N) is 2. The number of hydrogen-bond acceptors (Lipinski definition) is 6. The fraction of sp³-hybridized carbons (Fsp3) is 0.421.